The second-order valence-corrected chi connectivity index (χ2v) is 2.34. The van der Waals surface area contributed by atoms with Gasteiger partial charge in [0.15, 0.2) is 0 Å². The third-order valence-electron chi connectivity index (χ3n) is 1.34. The summed E-state index contributed by atoms with van der Waals surface area (Å²) in [5, 5.41) is 16.4. The lowest BCUT2D eigenvalue weighted by Gasteiger charge is -1.93. The highest BCUT2D eigenvalue weighted by atomic mass is 16.3. The van der Waals surface area contributed by atoms with Gasteiger partial charge in [0, 0.05) is 6.61 Å². The first kappa shape index (κ1) is 11.0. The van der Waals surface area contributed by atoms with Crippen LogP contribution >= 0.6 is 0 Å². The number of aromatic hydroxyl groups is 1. The Balaban J connectivity index is 0.000000354. The Morgan fingerprint density at radius 2 is 1.50 bits per heavy atom. The molecule has 0 saturated carbocycles. The molecule has 0 aliphatic rings. The topological polar surface area (TPSA) is 40.5 Å². The van der Waals surface area contributed by atoms with E-state index in [1.54, 1.807) is 19.1 Å². The zero-order chi connectivity index (χ0) is 9.40. The predicted octanol–water partition coefficient (Wildman–Crippen LogP) is 1.95. The average Bonchev–Trinajstić information content (AvgIpc) is 2.07. The fourth-order valence-electron chi connectivity index (χ4n) is 0.732. The van der Waals surface area contributed by atoms with E-state index in [1.807, 2.05) is 12.1 Å². The molecule has 0 atom stereocenters. The van der Waals surface area contributed by atoms with Crippen LogP contribution in [0.4, 0.5) is 0 Å². The highest BCUT2D eigenvalue weighted by Gasteiger charge is 1.86. The van der Waals surface area contributed by atoms with Gasteiger partial charge in [0.25, 0.3) is 0 Å². The largest absolute Gasteiger partial charge is 0.508 e. The highest BCUT2D eigenvalue weighted by molar-refractivity contribution is 5.25. The Bertz CT molecular complexity index is 191. The molecule has 0 aromatic heterocycles. The molecular formula is C10H16O2. The van der Waals surface area contributed by atoms with E-state index >= 15 is 0 Å². The molecule has 0 unspecified atom stereocenters. The van der Waals surface area contributed by atoms with Gasteiger partial charge in [-0.3, -0.25) is 0 Å². The van der Waals surface area contributed by atoms with Gasteiger partial charge in [-0.25, -0.2) is 0 Å². The van der Waals surface area contributed by atoms with Crippen molar-refractivity contribution in [2.24, 2.45) is 0 Å². The molecule has 1 aromatic rings. The zero-order valence-electron chi connectivity index (χ0n) is 7.62. The Morgan fingerprint density at radius 1 is 1.08 bits per heavy atom. The molecule has 0 aliphatic heterocycles. The van der Waals surface area contributed by atoms with Crippen LogP contribution in [0.2, 0.25) is 0 Å². The number of benzene rings is 1. The number of hydrogen-bond acceptors (Lipinski definition) is 2. The summed E-state index contributed by atoms with van der Waals surface area (Å²) in [5.74, 6) is 0.340. The van der Waals surface area contributed by atoms with E-state index in [0.29, 0.717) is 5.75 Å². The first-order valence-corrected chi connectivity index (χ1v) is 4.13. The molecule has 0 saturated heterocycles. The standard InChI is InChI=1S/C8H10O.C2H6O/c1-2-7-3-5-8(9)6-4-7;1-2-3/h3-6,9H,2H2,1H3;3H,2H2,1H3. The second-order valence-electron chi connectivity index (χ2n) is 2.34. The van der Waals surface area contributed by atoms with Crippen molar-refractivity contribution in [3.8, 4) is 5.75 Å². The van der Waals surface area contributed by atoms with Crippen LogP contribution in [0.3, 0.4) is 0 Å². The molecule has 0 heterocycles. The van der Waals surface area contributed by atoms with Crippen LogP contribution in [0.5, 0.6) is 5.75 Å². The molecule has 0 radical (unpaired) electrons. The van der Waals surface area contributed by atoms with Crippen LogP contribution in [0.1, 0.15) is 19.4 Å². The summed E-state index contributed by atoms with van der Waals surface area (Å²) in [4.78, 5) is 0. The lowest BCUT2D eigenvalue weighted by molar-refractivity contribution is 0.318. The van der Waals surface area contributed by atoms with Crippen LogP contribution in [-0.4, -0.2) is 16.8 Å². The minimum absolute atomic E-state index is 0.250. The van der Waals surface area contributed by atoms with E-state index < -0.39 is 0 Å². The van der Waals surface area contributed by atoms with Gasteiger partial charge >= 0.3 is 0 Å². The zero-order valence-corrected chi connectivity index (χ0v) is 7.62. The number of aliphatic hydroxyl groups is 1. The SMILES string of the molecule is CCO.CCc1ccc(O)cc1. The van der Waals surface area contributed by atoms with Crippen molar-refractivity contribution in [1.82, 2.24) is 0 Å². The van der Waals surface area contributed by atoms with Gasteiger partial charge in [0.1, 0.15) is 5.75 Å². The van der Waals surface area contributed by atoms with E-state index in [1.165, 1.54) is 5.56 Å². The normalized spacial score (nSPS) is 8.58. The minimum Gasteiger partial charge on any atom is -0.508 e. The maximum absolute atomic E-state index is 8.85. The quantitative estimate of drug-likeness (QED) is 0.673. The highest BCUT2D eigenvalue weighted by Crippen LogP contribution is 2.09. The molecule has 0 aliphatic carbocycles. The molecule has 1 aromatic carbocycles. The fraction of sp³-hybridized carbons (Fsp3) is 0.400. The van der Waals surface area contributed by atoms with Crippen LogP contribution < -0.4 is 0 Å². The van der Waals surface area contributed by atoms with Gasteiger partial charge in [0.2, 0.25) is 0 Å². The van der Waals surface area contributed by atoms with Crippen molar-refractivity contribution in [1.29, 1.82) is 0 Å². The number of aryl methyl sites for hydroxylation is 1. The number of aliphatic hydroxyl groups excluding tert-OH is 1. The molecule has 0 amide bonds. The summed E-state index contributed by atoms with van der Waals surface area (Å²) >= 11 is 0. The van der Waals surface area contributed by atoms with Crippen LogP contribution in [0.15, 0.2) is 24.3 Å². The average molecular weight is 168 g/mol. The molecular weight excluding hydrogens is 152 g/mol. The maximum atomic E-state index is 8.85. The molecule has 2 nitrogen and oxygen atoms in total. The summed E-state index contributed by atoms with van der Waals surface area (Å²) in [6, 6.07) is 7.27. The van der Waals surface area contributed by atoms with E-state index in [9.17, 15) is 0 Å². The van der Waals surface area contributed by atoms with Crippen molar-refractivity contribution in [2.45, 2.75) is 20.3 Å². The molecule has 68 valence electrons. The van der Waals surface area contributed by atoms with E-state index in [2.05, 4.69) is 6.92 Å². The first-order chi connectivity index (χ1) is 5.74. The lowest BCUT2D eigenvalue weighted by Crippen LogP contribution is -1.75. The van der Waals surface area contributed by atoms with E-state index in [0.717, 1.165) is 6.42 Å². The predicted molar refractivity (Wildman–Crippen MR) is 50.2 cm³/mol. The Kier molecular flexibility index (Phi) is 6.11. The molecule has 0 spiro atoms. The van der Waals surface area contributed by atoms with Crippen molar-refractivity contribution >= 4 is 0 Å². The van der Waals surface area contributed by atoms with Gasteiger partial charge in [-0.2, -0.15) is 0 Å². The number of rotatable bonds is 1. The number of phenolic OH excluding ortho intramolecular Hbond substituents is 1. The second kappa shape index (κ2) is 6.68. The third-order valence-corrected chi connectivity index (χ3v) is 1.34. The van der Waals surface area contributed by atoms with Crippen molar-refractivity contribution in [3.05, 3.63) is 29.8 Å². The number of hydrogen-bond donors (Lipinski definition) is 2. The lowest BCUT2D eigenvalue weighted by atomic mass is 10.2. The van der Waals surface area contributed by atoms with E-state index in [4.69, 9.17) is 10.2 Å². The summed E-state index contributed by atoms with van der Waals surface area (Å²) in [6.45, 7) is 4.02. The van der Waals surface area contributed by atoms with Gasteiger partial charge in [-0.15, -0.1) is 0 Å². The van der Waals surface area contributed by atoms with Crippen molar-refractivity contribution in [3.63, 3.8) is 0 Å². The van der Waals surface area contributed by atoms with Gasteiger partial charge in [-0.1, -0.05) is 19.1 Å². The summed E-state index contributed by atoms with van der Waals surface area (Å²) in [5.41, 5.74) is 1.26. The molecule has 2 heteroatoms. The van der Waals surface area contributed by atoms with Gasteiger partial charge in [0.05, 0.1) is 0 Å². The van der Waals surface area contributed by atoms with Crippen molar-refractivity contribution in [2.75, 3.05) is 6.61 Å². The third kappa shape index (κ3) is 4.74. The van der Waals surface area contributed by atoms with Gasteiger partial charge in [-0.05, 0) is 31.0 Å². The molecule has 0 fully saturated rings. The van der Waals surface area contributed by atoms with Crippen LogP contribution in [-0.2, 0) is 6.42 Å². The summed E-state index contributed by atoms with van der Waals surface area (Å²) < 4.78 is 0. The minimum atomic E-state index is 0.250. The summed E-state index contributed by atoms with van der Waals surface area (Å²) in [7, 11) is 0. The Morgan fingerprint density at radius 3 is 1.83 bits per heavy atom. The summed E-state index contributed by atoms with van der Waals surface area (Å²) in [6.07, 6.45) is 1.03. The number of phenols is 1. The molecule has 1 rings (SSSR count). The van der Waals surface area contributed by atoms with Crippen molar-refractivity contribution < 1.29 is 10.2 Å². The van der Waals surface area contributed by atoms with Gasteiger partial charge < -0.3 is 10.2 Å². The fourth-order valence-corrected chi connectivity index (χ4v) is 0.732. The molecule has 12 heavy (non-hydrogen) atoms. The molecule has 2 N–H and O–H groups in total. The van der Waals surface area contributed by atoms with Crippen LogP contribution in [0.25, 0.3) is 0 Å². The smallest absolute Gasteiger partial charge is 0.115 e. The molecule has 0 bridgehead atoms. The van der Waals surface area contributed by atoms with Crippen LogP contribution in [0, 0.1) is 0 Å². The van der Waals surface area contributed by atoms with E-state index in [-0.39, 0.29) is 6.61 Å². The first-order valence-electron chi connectivity index (χ1n) is 4.13. The maximum Gasteiger partial charge on any atom is 0.115 e. The Labute approximate surface area is 73.5 Å². The monoisotopic (exact) mass is 168 g/mol. The Hall–Kier alpha value is -1.02.